The SMILES string of the molecule is CN(Cc1ccc(OCC(=O)O)cc1)C(=O)C(c1ccccc1)C1CC1. The largest absolute Gasteiger partial charge is 0.482 e. The molecule has 2 aromatic carbocycles. The quantitative estimate of drug-likeness (QED) is 0.791. The van der Waals surface area contributed by atoms with E-state index in [2.05, 4.69) is 0 Å². The molecular weight excluding hydrogens is 330 g/mol. The Labute approximate surface area is 153 Å². The zero-order chi connectivity index (χ0) is 18.5. The minimum atomic E-state index is -1.01. The van der Waals surface area contributed by atoms with Crippen LogP contribution in [0, 0.1) is 5.92 Å². The Morgan fingerprint density at radius 1 is 1.12 bits per heavy atom. The lowest BCUT2D eigenvalue weighted by atomic mass is 9.92. The smallest absolute Gasteiger partial charge is 0.341 e. The summed E-state index contributed by atoms with van der Waals surface area (Å²) in [5, 5.41) is 8.64. The number of benzene rings is 2. The molecule has 1 atom stereocenters. The van der Waals surface area contributed by atoms with E-state index in [0.29, 0.717) is 18.2 Å². The first-order valence-electron chi connectivity index (χ1n) is 8.78. The van der Waals surface area contributed by atoms with E-state index in [4.69, 9.17) is 9.84 Å². The van der Waals surface area contributed by atoms with Crippen LogP contribution in [0.3, 0.4) is 0 Å². The molecular formula is C21H23NO4. The van der Waals surface area contributed by atoms with Crippen LogP contribution in [0.1, 0.15) is 29.9 Å². The number of carbonyl (C=O) groups is 2. The van der Waals surface area contributed by atoms with Gasteiger partial charge in [0, 0.05) is 13.6 Å². The number of hydrogen-bond acceptors (Lipinski definition) is 3. The molecule has 1 saturated carbocycles. The summed E-state index contributed by atoms with van der Waals surface area (Å²) in [6.45, 7) is 0.145. The summed E-state index contributed by atoms with van der Waals surface area (Å²) in [7, 11) is 1.83. The highest BCUT2D eigenvalue weighted by atomic mass is 16.5. The molecule has 0 spiro atoms. The van der Waals surface area contributed by atoms with Crippen molar-refractivity contribution in [3.63, 3.8) is 0 Å². The molecule has 2 aromatic rings. The first-order chi connectivity index (χ1) is 12.5. The fourth-order valence-electron chi connectivity index (χ4n) is 3.13. The molecule has 5 nitrogen and oxygen atoms in total. The topological polar surface area (TPSA) is 66.8 Å². The highest BCUT2D eigenvalue weighted by Crippen LogP contribution is 2.43. The van der Waals surface area contributed by atoms with Crippen molar-refractivity contribution in [2.45, 2.75) is 25.3 Å². The van der Waals surface area contributed by atoms with Gasteiger partial charge in [0.2, 0.25) is 5.91 Å². The Balaban J connectivity index is 1.64. The minimum absolute atomic E-state index is 0.0700. The number of rotatable bonds is 8. The zero-order valence-corrected chi connectivity index (χ0v) is 14.8. The molecule has 0 bridgehead atoms. The molecule has 0 saturated heterocycles. The molecule has 0 heterocycles. The summed E-state index contributed by atoms with van der Waals surface area (Å²) >= 11 is 0. The van der Waals surface area contributed by atoms with E-state index < -0.39 is 5.97 Å². The molecule has 1 aliphatic carbocycles. The first-order valence-corrected chi connectivity index (χ1v) is 8.78. The number of carbonyl (C=O) groups excluding carboxylic acids is 1. The number of carboxylic acids is 1. The monoisotopic (exact) mass is 353 g/mol. The van der Waals surface area contributed by atoms with Crippen molar-refractivity contribution in [1.29, 1.82) is 0 Å². The van der Waals surface area contributed by atoms with Gasteiger partial charge in [-0.25, -0.2) is 4.79 Å². The molecule has 136 valence electrons. The van der Waals surface area contributed by atoms with Crippen LogP contribution >= 0.6 is 0 Å². The van der Waals surface area contributed by atoms with Gasteiger partial charge in [0.05, 0.1) is 5.92 Å². The van der Waals surface area contributed by atoms with Gasteiger partial charge in [0.15, 0.2) is 6.61 Å². The van der Waals surface area contributed by atoms with Crippen molar-refractivity contribution >= 4 is 11.9 Å². The van der Waals surface area contributed by atoms with Gasteiger partial charge in [-0.1, -0.05) is 42.5 Å². The van der Waals surface area contributed by atoms with Crippen LogP contribution < -0.4 is 4.74 Å². The molecule has 1 fully saturated rings. The Morgan fingerprint density at radius 3 is 2.35 bits per heavy atom. The number of hydrogen-bond donors (Lipinski definition) is 1. The number of likely N-dealkylation sites (N-methyl/N-ethyl adjacent to an activating group) is 1. The lowest BCUT2D eigenvalue weighted by Gasteiger charge is -2.24. The number of carboxylic acid groups (broad SMARTS) is 1. The standard InChI is InChI=1S/C21H23NO4/c1-22(13-15-7-11-18(12-8-15)26-14-19(23)24)21(25)20(17-9-10-17)16-5-3-2-4-6-16/h2-8,11-12,17,20H,9-10,13-14H2,1H3,(H,23,24). The highest BCUT2D eigenvalue weighted by Gasteiger charge is 2.38. The Kier molecular flexibility index (Phi) is 5.56. The molecule has 5 heteroatoms. The van der Waals surface area contributed by atoms with E-state index in [1.807, 2.05) is 49.5 Å². The van der Waals surface area contributed by atoms with Crippen molar-refractivity contribution in [3.8, 4) is 5.75 Å². The molecule has 3 rings (SSSR count). The summed E-state index contributed by atoms with van der Waals surface area (Å²) in [6, 6.07) is 17.2. The predicted molar refractivity (Wildman–Crippen MR) is 98.0 cm³/mol. The molecule has 1 unspecified atom stereocenters. The Hall–Kier alpha value is -2.82. The Morgan fingerprint density at radius 2 is 1.77 bits per heavy atom. The fraction of sp³-hybridized carbons (Fsp3) is 0.333. The van der Waals surface area contributed by atoms with Crippen molar-refractivity contribution in [1.82, 2.24) is 4.90 Å². The third-order valence-electron chi connectivity index (χ3n) is 4.60. The number of ether oxygens (including phenoxy) is 1. The summed E-state index contributed by atoms with van der Waals surface area (Å²) in [6.07, 6.45) is 2.21. The molecule has 1 aliphatic rings. The van der Waals surface area contributed by atoms with Gasteiger partial charge in [-0.05, 0) is 42.0 Å². The van der Waals surface area contributed by atoms with E-state index in [9.17, 15) is 9.59 Å². The van der Waals surface area contributed by atoms with Crippen LogP contribution in [0.4, 0.5) is 0 Å². The highest BCUT2D eigenvalue weighted by molar-refractivity contribution is 5.84. The average Bonchev–Trinajstić information content (AvgIpc) is 3.47. The van der Waals surface area contributed by atoms with Gasteiger partial charge < -0.3 is 14.7 Å². The second-order valence-corrected chi connectivity index (χ2v) is 6.75. The maximum atomic E-state index is 13.0. The van der Waals surface area contributed by atoms with Crippen LogP contribution in [-0.4, -0.2) is 35.5 Å². The van der Waals surface area contributed by atoms with E-state index in [1.54, 1.807) is 17.0 Å². The lowest BCUT2D eigenvalue weighted by molar-refractivity contribution is -0.139. The summed E-state index contributed by atoms with van der Waals surface area (Å²) in [5.41, 5.74) is 2.07. The Bertz CT molecular complexity index is 753. The van der Waals surface area contributed by atoms with E-state index in [1.165, 1.54) is 0 Å². The van der Waals surface area contributed by atoms with Gasteiger partial charge in [-0.3, -0.25) is 4.79 Å². The second-order valence-electron chi connectivity index (χ2n) is 6.75. The summed E-state index contributed by atoms with van der Waals surface area (Å²) in [4.78, 5) is 25.3. The normalized spacial score (nSPS) is 14.5. The number of aliphatic carboxylic acids is 1. The third kappa shape index (κ3) is 4.63. The minimum Gasteiger partial charge on any atom is -0.482 e. The van der Waals surface area contributed by atoms with Crippen molar-refractivity contribution < 1.29 is 19.4 Å². The van der Waals surface area contributed by atoms with Crippen LogP contribution in [0.2, 0.25) is 0 Å². The van der Waals surface area contributed by atoms with E-state index in [0.717, 1.165) is 24.0 Å². The van der Waals surface area contributed by atoms with E-state index >= 15 is 0 Å². The summed E-state index contributed by atoms with van der Waals surface area (Å²) in [5.74, 6) is 0.0140. The van der Waals surface area contributed by atoms with Gasteiger partial charge >= 0.3 is 5.97 Å². The summed E-state index contributed by atoms with van der Waals surface area (Å²) < 4.78 is 5.13. The molecule has 0 aromatic heterocycles. The predicted octanol–water partition coefficient (Wildman–Crippen LogP) is 3.30. The van der Waals surface area contributed by atoms with Gasteiger partial charge in [-0.2, -0.15) is 0 Å². The third-order valence-corrected chi connectivity index (χ3v) is 4.60. The van der Waals surface area contributed by atoms with Crippen LogP contribution in [0.25, 0.3) is 0 Å². The van der Waals surface area contributed by atoms with Crippen LogP contribution in [0.5, 0.6) is 5.75 Å². The van der Waals surface area contributed by atoms with Crippen molar-refractivity contribution in [3.05, 3.63) is 65.7 Å². The molecule has 0 aliphatic heterocycles. The van der Waals surface area contributed by atoms with Gasteiger partial charge in [0.1, 0.15) is 5.75 Å². The lowest BCUT2D eigenvalue weighted by Crippen LogP contribution is -2.32. The molecule has 1 amide bonds. The van der Waals surface area contributed by atoms with Gasteiger partial charge in [0.25, 0.3) is 0 Å². The van der Waals surface area contributed by atoms with Crippen LogP contribution in [0.15, 0.2) is 54.6 Å². The van der Waals surface area contributed by atoms with Crippen molar-refractivity contribution in [2.24, 2.45) is 5.92 Å². The molecule has 1 N–H and O–H groups in total. The average molecular weight is 353 g/mol. The first kappa shape index (κ1) is 18.0. The molecule has 26 heavy (non-hydrogen) atoms. The fourth-order valence-corrected chi connectivity index (χ4v) is 3.13. The number of amides is 1. The van der Waals surface area contributed by atoms with Crippen LogP contribution in [-0.2, 0) is 16.1 Å². The number of nitrogens with zero attached hydrogens (tertiary/aromatic N) is 1. The van der Waals surface area contributed by atoms with Gasteiger partial charge in [-0.15, -0.1) is 0 Å². The van der Waals surface area contributed by atoms with E-state index in [-0.39, 0.29) is 18.4 Å². The second kappa shape index (κ2) is 8.04. The maximum Gasteiger partial charge on any atom is 0.341 e. The maximum absolute atomic E-state index is 13.0. The molecule has 0 radical (unpaired) electrons. The van der Waals surface area contributed by atoms with Crippen molar-refractivity contribution in [2.75, 3.05) is 13.7 Å². The zero-order valence-electron chi connectivity index (χ0n) is 14.8.